The minimum absolute atomic E-state index is 0.0985. The van der Waals surface area contributed by atoms with Crippen molar-refractivity contribution < 1.29 is 26.3 Å². The van der Waals surface area contributed by atoms with E-state index in [4.69, 9.17) is 4.74 Å². The Kier molecular flexibility index (Phi) is 6.68. The fraction of sp³-hybridized carbons (Fsp3) is 0.160. The van der Waals surface area contributed by atoms with Gasteiger partial charge in [0, 0.05) is 36.1 Å². The zero-order valence-electron chi connectivity index (χ0n) is 18.9. The van der Waals surface area contributed by atoms with Crippen LogP contribution in [0.2, 0.25) is 0 Å². The van der Waals surface area contributed by atoms with E-state index in [1.54, 1.807) is 61.4 Å². The zero-order valence-corrected chi connectivity index (χ0v) is 19.7. The molecule has 35 heavy (non-hydrogen) atoms. The lowest BCUT2D eigenvalue weighted by atomic mass is 9.99. The molecule has 0 radical (unpaired) electrons. The summed E-state index contributed by atoms with van der Waals surface area (Å²) in [5.74, 6) is 0.670. The Bertz CT molecular complexity index is 1470. The van der Waals surface area contributed by atoms with Crippen LogP contribution in [0, 0.1) is 0 Å². The van der Waals surface area contributed by atoms with Crippen molar-refractivity contribution >= 4 is 27.0 Å². The molecular weight excluding hydrogens is 479 g/mol. The number of benzene rings is 3. The van der Waals surface area contributed by atoms with Gasteiger partial charge in [0.15, 0.2) is 0 Å². The van der Waals surface area contributed by atoms with Gasteiger partial charge in [-0.05, 0) is 59.2 Å². The first-order chi connectivity index (χ1) is 16.5. The minimum atomic E-state index is -4.42. The zero-order chi connectivity index (χ0) is 25.2. The first-order valence-corrected chi connectivity index (χ1v) is 12.0. The van der Waals surface area contributed by atoms with Crippen LogP contribution in [0.4, 0.5) is 13.2 Å². The second-order valence-electron chi connectivity index (χ2n) is 7.90. The van der Waals surface area contributed by atoms with Gasteiger partial charge in [0.2, 0.25) is 10.0 Å². The number of methoxy groups -OCH3 is 1. The number of fused-ring (bicyclic) bond motifs is 1. The summed E-state index contributed by atoms with van der Waals surface area (Å²) in [5, 5.41) is 6.18. The SMILES string of the molecule is COc1ccc(CNS(=O)(=O)/C=C/c2cc(-c3ccc(C(F)(F)F)cc3)cc3cn(C)nc23)cc1. The molecule has 0 atom stereocenters. The number of aryl methyl sites for hydroxylation is 1. The predicted octanol–water partition coefficient (Wildman–Crippen LogP) is 5.36. The summed E-state index contributed by atoms with van der Waals surface area (Å²) in [6, 6.07) is 15.3. The third kappa shape index (κ3) is 5.90. The van der Waals surface area contributed by atoms with Crippen molar-refractivity contribution in [3.05, 3.63) is 89.0 Å². The minimum Gasteiger partial charge on any atom is -0.497 e. The summed E-state index contributed by atoms with van der Waals surface area (Å²) in [6.07, 6.45) is -1.23. The van der Waals surface area contributed by atoms with Crippen molar-refractivity contribution in [1.29, 1.82) is 0 Å². The lowest BCUT2D eigenvalue weighted by molar-refractivity contribution is -0.137. The summed E-state index contributed by atoms with van der Waals surface area (Å²) in [6.45, 7) is 0.0985. The van der Waals surface area contributed by atoms with E-state index in [0.717, 1.165) is 28.5 Å². The first kappa shape index (κ1) is 24.5. The third-order valence-electron chi connectivity index (χ3n) is 5.36. The van der Waals surface area contributed by atoms with Gasteiger partial charge in [-0.2, -0.15) is 18.3 Å². The number of hydrogen-bond acceptors (Lipinski definition) is 4. The molecule has 10 heteroatoms. The van der Waals surface area contributed by atoms with Gasteiger partial charge in [0.1, 0.15) is 5.75 Å². The van der Waals surface area contributed by atoms with Crippen LogP contribution in [0.1, 0.15) is 16.7 Å². The van der Waals surface area contributed by atoms with Crippen LogP contribution in [-0.4, -0.2) is 25.3 Å². The van der Waals surface area contributed by atoms with Crippen LogP contribution in [-0.2, 0) is 29.8 Å². The summed E-state index contributed by atoms with van der Waals surface area (Å²) in [4.78, 5) is 0. The van der Waals surface area contributed by atoms with E-state index < -0.39 is 21.8 Å². The van der Waals surface area contributed by atoms with Crippen LogP contribution >= 0.6 is 0 Å². The van der Waals surface area contributed by atoms with Crippen molar-refractivity contribution in [3.63, 3.8) is 0 Å². The number of halogens is 3. The van der Waals surface area contributed by atoms with E-state index >= 15 is 0 Å². The predicted molar refractivity (Wildman–Crippen MR) is 129 cm³/mol. The lowest BCUT2D eigenvalue weighted by Crippen LogP contribution is -2.20. The summed E-state index contributed by atoms with van der Waals surface area (Å²) in [7, 11) is -0.493. The van der Waals surface area contributed by atoms with Gasteiger partial charge in [0.05, 0.1) is 18.2 Å². The highest BCUT2D eigenvalue weighted by atomic mass is 32.2. The molecule has 1 aromatic heterocycles. The molecule has 1 N–H and O–H groups in total. The van der Waals surface area contributed by atoms with Crippen molar-refractivity contribution in [2.24, 2.45) is 7.05 Å². The molecular formula is C25H22F3N3O3S. The van der Waals surface area contributed by atoms with Gasteiger partial charge in [-0.15, -0.1) is 0 Å². The topological polar surface area (TPSA) is 73.2 Å². The molecule has 1 heterocycles. The van der Waals surface area contributed by atoms with Crippen LogP contribution in [0.25, 0.3) is 28.1 Å². The van der Waals surface area contributed by atoms with Crippen LogP contribution in [0.3, 0.4) is 0 Å². The number of aromatic nitrogens is 2. The second kappa shape index (κ2) is 9.55. The molecule has 0 bridgehead atoms. The molecule has 0 aliphatic carbocycles. The molecule has 0 spiro atoms. The molecule has 0 aliphatic rings. The van der Waals surface area contributed by atoms with Gasteiger partial charge in [-0.25, -0.2) is 13.1 Å². The Morgan fingerprint density at radius 1 is 1.03 bits per heavy atom. The van der Waals surface area contributed by atoms with Gasteiger partial charge >= 0.3 is 6.18 Å². The molecule has 3 aromatic carbocycles. The number of alkyl halides is 3. The highest BCUT2D eigenvalue weighted by Crippen LogP contribution is 2.32. The normalized spacial score (nSPS) is 12.5. The van der Waals surface area contributed by atoms with E-state index in [1.807, 2.05) is 0 Å². The quantitative estimate of drug-likeness (QED) is 0.370. The standard InChI is InChI=1S/C25H22F3N3O3S/c1-31-16-21-14-20(18-5-7-22(8-6-18)25(26,27)28)13-19(24(21)30-31)11-12-35(32,33)29-15-17-3-9-23(34-2)10-4-17/h3-14,16,29H,15H2,1-2H3/b12-11+. The smallest absolute Gasteiger partial charge is 0.416 e. The molecule has 4 aromatic rings. The van der Waals surface area contributed by atoms with Crippen molar-refractivity contribution in [1.82, 2.24) is 14.5 Å². The molecule has 0 saturated heterocycles. The lowest BCUT2D eigenvalue weighted by Gasteiger charge is -2.09. The molecule has 0 saturated carbocycles. The van der Waals surface area contributed by atoms with Gasteiger partial charge in [0.25, 0.3) is 0 Å². The van der Waals surface area contributed by atoms with E-state index in [2.05, 4.69) is 9.82 Å². The number of hydrogen-bond donors (Lipinski definition) is 1. The largest absolute Gasteiger partial charge is 0.497 e. The average Bonchev–Trinajstić information content (AvgIpc) is 3.21. The number of rotatable bonds is 7. The van der Waals surface area contributed by atoms with E-state index in [1.165, 1.54) is 18.2 Å². The molecule has 182 valence electrons. The first-order valence-electron chi connectivity index (χ1n) is 10.5. The van der Waals surface area contributed by atoms with Gasteiger partial charge < -0.3 is 4.74 Å². The van der Waals surface area contributed by atoms with Crippen molar-refractivity contribution in [2.45, 2.75) is 12.7 Å². The maximum Gasteiger partial charge on any atom is 0.416 e. The molecule has 0 amide bonds. The van der Waals surface area contributed by atoms with Crippen LogP contribution < -0.4 is 9.46 Å². The van der Waals surface area contributed by atoms with E-state index in [9.17, 15) is 21.6 Å². The van der Waals surface area contributed by atoms with Gasteiger partial charge in [-0.3, -0.25) is 4.68 Å². The summed E-state index contributed by atoms with van der Waals surface area (Å²) in [5.41, 5.74) is 2.33. The summed E-state index contributed by atoms with van der Waals surface area (Å²) < 4.78 is 73.1. The molecule has 6 nitrogen and oxygen atoms in total. The molecule has 4 rings (SSSR count). The fourth-order valence-corrected chi connectivity index (χ4v) is 4.36. The molecule has 0 aliphatic heterocycles. The average molecular weight is 502 g/mol. The maximum atomic E-state index is 12.9. The number of nitrogens with one attached hydrogen (secondary N) is 1. The Labute approximate surface area is 200 Å². The molecule has 0 unspecified atom stereocenters. The Morgan fingerprint density at radius 2 is 1.71 bits per heavy atom. The van der Waals surface area contributed by atoms with E-state index in [0.29, 0.717) is 28.0 Å². The molecule has 0 fully saturated rings. The van der Waals surface area contributed by atoms with Gasteiger partial charge in [-0.1, -0.05) is 24.3 Å². The summed E-state index contributed by atoms with van der Waals surface area (Å²) >= 11 is 0. The van der Waals surface area contributed by atoms with E-state index in [-0.39, 0.29) is 6.54 Å². The van der Waals surface area contributed by atoms with Crippen molar-refractivity contribution in [2.75, 3.05) is 7.11 Å². The number of sulfonamides is 1. The highest BCUT2D eigenvalue weighted by Gasteiger charge is 2.30. The second-order valence-corrected chi connectivity index (χ2v) is 9.55. The number of ether oxygens (including phenoxy) is 1. The third-order valence-corrected chi connectivity index (χ3v) is 6.40. The van der Waals surface area contributed by atoms with Crippen molar-refractivity contribution in [3.8, 4) is 16.9 Å². The Morgan fingerprint density at radius 3 is 2.34 bits per heavy atom. The van der Waals surface area contributed by atoms with Crippen LogP contribution in [0.15, 0.2) is 72.3 Å². The van der Waals surface area contributed by atoms with Crippen LogP contribution in [0.5, 0.6) is 5.75 Å². The highest BCUT2D eigenvalue weighted by molar-refractivity contribution is 7.92. The Hall–Kier alpha value is -3.63. The fourth-order valence-electron chi connectivity index (χ4n) is 3.57. The maximum absolute atomic E-state index is 12.9. The monoisotopic (exact) mass is 501 g/mol. The Balaban J connectivity index is 1.61. The number of nitrogens with zero attached hydrogens (tertiary/aromatic N) is 2.